The number of benzene rings is 1. The molecule has 5 nitrogen and oxygen atoms in total. The Morgan fingerprint density at radius 2 is 1.77 bits per heavy atom. The Balaban J connectivity index is 2.36. The maximum atomic E-state index is 12.5. The van der Waals surface area contributed by atoms with E-state index in [4.69, 9.17) is 11.6 Å². The van der Waals surface area contributed by atoms with Gasteiger partial charge in [0.15, 0.2) is 0 Å². The summed E-state index contributed by atoms with van der Waals surface area (Å²) in [5, 5.41) is 0. The molecule has 2 rings (SSSR count). The Morgan fingerprint density at radius 1 is 1.09 bits per heavy atom. The van der Waals surface area contributed by atoms with Crippen LogP contribution in [0.4, 0.5) is 14.5 Å². The molecule has 11 heteroatoms. The zero-order valence-electron chi connectivity index (χ0n) is 10.5. The predicted molar refractivity (Wildman–Crippen MR) is 79.8 cm³/mol. The molecule has 0 aliphatic carbocycles. The van der Waals surface area contributed by atoms with Crippen LogP contribution in [0.3, 0.4) is 0 Å². The third-order valence-electron chi connectivity index (χ3n) is 2.46. The smallest absolute Gasteiger partial charge is 0.279 e. The van der Waals surface area contributed by atoms with Crippen molar-refractivity contribution in [2.45, 2.75) is 14.9 Å². The van der Waals surface area contributed by atoms with Crippen molar-refractivity contribution >= 4 is 48.5 Å². The van der Waals surface area contributed by atoms with Gasteiger partial charge in [-0.05, 0) is 30.3 Å². The zero-order valence-corrected chi connectivity index (χ0v) is 13.7. The lowest BCUT2D eigenvalue weighted by atomic mass is 10.3. The standard InChI is InChI=1S/C11H8ClF2NO4S3/c12-9-4-5-10(20-9)22(18,19)15-7-2-1-3-8(6-7)21(16,17)11(13)14/h1-6,11,15H. The number of halogens is 3. The summed E-state index contributed by atoms with van der Waals surface area (Å²) in [6.07, 6.45) is 0. The van der Waals surface area contributed by atoms with Crippen molar-refractivity contribution in [2.75, 3.05) is 4.72 Å². The predicted octanol–water partition coefficient (Wildman–Crippen LogP) is 3.20. The average Bonchev–Trinajstić information content (AvgIpc) is 2.86. The first kappa shape index (κ1) is 17.1. The van der Waals surface area contributed by atoms with E-state index in [1.165, 1.54) is 18.2 Å². The number of hydrogen-bond donors (Lipinski definition) is 1. The largest absolute Gasteiger partial charge is 0.341 e. The number of nitrogens with one attached hydrogen (secondary N) is 1. The van der Waals surface area contributed by atoms with Gasteiger partial charge in [-0.15, -0.1) is 11.3 Å². The van der Waals surface area contributed by atoms with Gasteiger partial charge in [0.1, 0.15) is 4.21 Å². The fourth-order valence-electron chi connectivity index (χ4n) is 1.49. The molecule has 0 amide bonds. The molecule has 2 aromatic rings. The first-order chi connectivity index (χ1) is 10.1. The number of rotatable bonds is 5. The van der Waals surface area contributed by atoms with Gasteiger partial charge in [-0.3, -0.25) is 4.72 Å². The highest BCUT2D eigenvalue weighted by molar-refractivity contribution is 7.94. The summed E-state index contributed by atoms with van der Waals surface area (Å²) in [5.74, 6) is -3.59. The first-order valence-electron chi connectivity index (χ1n) is 5.53. The molecule has 0 unspecified atom stereocenters. The maximum absolute atomic E-state index is 12.5. The Hall–Kier alpha value is -1.23. The van der Waals surface area contributed by atoms with E-state index in [1.807, 2.05) is 0 Å². The van der Waals surface area contributed by atoms with Crippen molar-refractivity contribution in [3.05, 3.63) is 40.7 Å². The van der Waals surface area contributed by atoms with Gasteiger partial charge in [0, 0.05) is 0 Å². The highest BCUT2D eigenvalue weighted by Crippen LogP contribution is 2.28. The van der Waals surface area contributed by atoms with Crippen LogP contribution >= 0.6 is 22.9 Å². The van der Waals surface area contributed by atoms with Gasteiger partial charge < -0.3 is 0 Å². The molecule has 1 heterocycles. The quantitative estimate of drug-likeness (QED) is 0.854. The molecule has 120 valence electrons. The summed E-state index contributed by atoms with van der Waals surface area (Å²) < 4.78 is 74.1. The van der Waals surface area contributed by atoms with Crippen molar-refractivity contribution in [3.63, 3.8) is 0 Å². The lowest BCUT2D eigenvalue weighted by Crippen LogP contribution is -2.14. The van der Waals surface area contributed by atoms with Crippen LogP contribution in [-0.4, -0.2) is 22.6 Å². The van der Waals surface area contributed by atoms with Crippen molar-refractivity contribution in [1.82, 2.24) is 0 Å². The van der Waals surface area contributed by atoms with Crippen molar-refractivity contribution in [3.8, 4) is 0 Å². The van der Waals surface area contributed by atoms with E-state index in [2.05, 4.69) is 4.72 Å². The van der Waals surface area contributed by atoms with Crippen molar-refractivity contribution < 1.29 is 25.6 Å². The second-order valence-electron chi connectivity index (χ2n) is 4.00. The number of thiophene rings is 1. The van der Waals surface area contributed by atoms with E-state index in [-0.39, 0.29) is 14.2 Å². The fourth-order valence-corrected chi connectivity index (χ4v) is 4.78. The minimum absolute atomic E-state index is 0.0837. The van der Waals surface area contributed by atoms with E-state index in [0.717, 1.165) is 29.5 Å². The van der Waals surface area contributed by atoms with Crippen LogP contribution in [0.1, 0.15) is 0 Å². The second kappa shape index (κ2) is 6.11. The molecule has 0 fully saturated rings. The highest BCUT2D eigenvalue weighted by Gasteiger charge is 2.27. The minimum atomic E-state index is -4.80. The van der Waals surface area contributed by atoms with Gasteiger partial charge in [-0.2, -0.15) is 8.78 Å². The molecule has 0 aliphatic heterocycles. The Labute approximate surface area is 134 Å². The number of alkyl halides is 2. The normalized spacial score (nSPS) is 12.5. The molecule has 0 spiro atoms. The Kier molecular flexibility index (Phi) is 4.76. The summed E-state index contributed by atoms with van der Waals surface area (Å²) in [6.45, 7) is 0. The summed E-state index contributed by atoms with van der Waals surface area (Å²) in [4.78, 5) is -0.674. The molecule has 1 aromatic heterocycles. The minimum Gasteiger partial charge on any atom is -0.279 e. The molecule has 0 aliphatic rings. The summed E-state index contributed by atoms with van der Waals surface area (Å²) in [5.41, 5.74) is -0.147. The molecular formula is C11H8ClF2NO4S3. The van der Waals surface area contributed by atoms with Gasteiger partial charge >= 0.3 is 5.76 Å². The molecule has 0 atom stereocenters. The monoisotopic (exact) mass is 387 g/mol. The van der Waals surface area contributed by atoms with E-state index < -0.39 is 30.5 Å². The molecular weight excluding hydrogens is 380 g/mol. The molecule has 0 bridgehead atoms. The number of sulfone groups is 1. The first-order valence-corrected chi connectivity index (χ1v) is 9.75. The molecule has 0 radical (unpaired) electrons. The Morgan fingerprint density at radius 3 is 2.32 bits per heavy atom. The number of hydrogen-bond acceptors (Lipinski definition) is 5. The van der Waals surface area contributed by atoms with Gasteiger partial charge in [-0.25, -0.2) is 16.8 Å². The average molecular weight is 388 g/mol. The molecule has 1 N–H and O–H groups in total. The number of anilines is 1. The second-order valence-corrected chi connectivity index (χ2v) is 9.54. The van der Waals surface area contributed by atoms with E-state index in [9.17, 15) is 25.6 Å². The third kappa shape index (κ3) is 3.57. The fraction of sp³-hybridized carbons (Fsp3) is 0.0909. The van der Waals surface area contributed by atoms with Gasteiger partial charge in [0.05, 0.1) is 14.9 Å². The van der Waals surface area contributed by atoms with Crippen LogP contribution in [-0.2, 0) is 19.9 Å². The van der Waals surface area contributed by atoms with Crippen LogP contribution in [0, 0.1) is 0 Å². The van der Waals surface area contributed by atoms with Crippen LogP contribution in [0.2, 0.25) is 4.34 Å². The SMILES string of the molecule is O=S(=O)(Nc1cccc(S(=O)(=O)C(F)F)c1)c1ccc(Cl)s1. The summed E-state index contributed by atoms with van der Waals surface area (Å²) in [7, 11) is -8.78. The Bertz CT molecular complexity index is 894. The van der Waals surface area contributed by atoms with Gasteiger partial charge in [0.25, 0.3) is 10.0 Å². The van der Waals surface area contributed by atoms with Crippen LogP contribution in [0.25, 0.3) is 0 Å². The number of sulfonamides is 1. The summed E-state index contributed by atoms with van der Waals surface area (Å²) >= 11 is 6.46. The lowest BCUT2D eigenvalue weighted by Gasteiger charge is -2.08. The topological polar surface area (TPSA) is 80.3 Å². The van der Waals surface area contributed by atoms with Gasteiger partial charge in [0.2, 0.25) is 9.84 Å². The van der Waals surface area contributed by atoms with Crippen LogP contribution < -0.4 is 4.72 Å². The van der Waals surface area contributed by atoms with E-state index >= 15 is 0 Å². The zero-order chi connectivity index (χ0) is 16.5. The maximum Gasteiger partial charge on any atom is 0.341 e. The third-order valence-corrected chi connectivity index (χ3v) is 6.95. The molecule has 1 aromatic carbocycles. The molecule has 0 saturated heterocycles. The van der Waals surface area contributed by atoms with Crippen molar-refractivity contribution in [1.29, 1.82) is 0 Å². The lowest BCUT2D eigenvalue weighted by molar-refractivity contribution is 0.235. The molecule has 22 heavy (non-hydrogen) atoms. The van der Waals surface area contributed by atoms with E-state index in [1.54, 1.807) is 0 Å². The van der Waals surface area contributed by atoms with Crippen LogP contribution in [0.5, 0.6) is 0 Å². The van der Waals surface area contributed by atoms with Gasteiger partial charge in [-0.1, -0.05) is 17.7 Å². The highest BCUT2D eigenvalue weighted by atomic mass is 35.5. The van der Waals surface area contributed by atoms with Crippen molar-refractivity contribution in [2.24, 2.45) is 0 Å². The van der Waals surface area contributed by atoms with E-state index in [0.29, 0.717) is 0 Å². The molecule has 0 saturated carbocycles. The summed E-state index contributed by atoms with van der Waals surface area (Å²) in [6, 6.07) is 6.86. The van der Waals surface area contributed by atoms with Crippen LogP contribution in [0.15, 0.2) is 45.5 Å².